The fraction of sp³-hybridized carbons (Fsp3) is 0. The van der Waals surface area contributed by atoms with Gasteiger partial charge in [-0.3, -0.25) is 0 Å². The van der Waals surface area contributed by atoms with Gasteiger partial charge in [0.25, 0.3) is 0 Å². The summed E-state index contributed by atoms with van der Waals surface area (Å²) in [5, 5.41) is 2.41. The molecule has 0 aliphatic heterocycles. The maximum absolute atomic E-state index is 7.23. The highest BCUT2D eigenvalue weighted by Crippen LogP contribution is 2.38. The topological polar surface area (TPSA) is 30.1 Å². The van der Waals surface area contributed by atoms with Gasteiger partial charge in [0.1, 0.15) is 0 Å². The summed E-state index contributed by atoms with van der Waals surface area (Å²) in [6.07, 6.45) is 0. The molecule has 3 heteroatoms. The van der Waals surface area contributed by atoms with Crippen LogP contribution in [0.15, 0.2) is 188 Å². The molecule has 0 aliphatic rings. The SMILES string of the molecule is [C-]#[N+]c1ccc(-c2ccc(-c3ccc(-c4ccc(-c5nc6ccccc6nc5-c5ccc(-c6ccccc6)cc5)cc4)c4ccccc34)cc2)cc1. The lowest BCUT2D eigenvalue weighted by Gasteiger charge is -2.14. The molecule has 0 N–H and O–H groups in total. The predicted molar refractivity (Wildman–Crippen MR) is 216 cm³/mol. The summed E-state index contributed by atoms with van der Waals surface area (Å²) >= 11 is 0. The molecular formula is C49H31N3. The van der Waals surface area contributed by atoms with E-state index in [0.29, 0.717) is 5.69 Å². The van der Waals surface area contributed by atoms with Gasteiger partial charge in [-0.05, 0) is 67.4 Å². The van der Waals surface area contributed by atoms with Gasteiger partial charge < -0.3 is 0 Å². The number of benzene rings is 8. The minimum Gasteiger partial charge on any atom is -0.244 e. The maximum atomic E-state index is 7.23. The van der Waals surface area contributed by atoms with Crippen LogP contribution in [0.4, 0.5) is 5.69 Å². The van der Waals surface area contributed by atoms with E-state index >= 15 is 0 Å². The Morgan fingerprint density at radius 2 is 0.654 bits per heavy atom. The largest absolute Gasteiger partial charge is 0.244 e. The van der Waals surface area contributed by atoms with Gasteiger partial charge in [-0.2, -0.15) is 0 Å². The molecule has 0 bridgehead atoms. The second kappa shape index (κ2) is 13.3. The summed E-state index contributed by atoms with van der Waals surface area (Å²) in [6.45, 7) is 7.23. The van der Waals surface area contributed by atoms with Crippen LogP contribution in [0.25, 0.3) is 93.7 Å². The van der Waals surface area contributed by atoms with Gasteiger partial charge in [-0.25, -0.2) is 14.8 Å². The Kier molecular flexibility index (Phi) is 7.89. The second-order valence-electron chi connectivity index (χ2n) is 12.9. The number of aromatic nitrogens is 2. The average molecular weight is 662 g/mol. The van der Waals surface area contributed by atoms with E-state index in [1.807, 2.05) is 54.6 Å². The van der Waals surface area contributed by atoms with Crippen molar-refractivity contribution in [3.63, 3.8) is 0 Å². The monoisotopic (exact) mass is 661 g/mol. The standard InChI is InChI=1S/C49H31N3/c1-50-41-29-27-36(28-30-41)35-15-19-37(20-16-35)42-31-32-43(45-12-6-5-11-44(42)45)38-21-25-40(26-22-38)49-48(51-46-13-7-8-14-47(46)52-49)39-23-17-34(18-24-39)33-9-3-2-4-10-33/h2-32H. The van der Waals surface area contributed by atoms with Crippen molar-refractivity contribution in [2.45, 2.75) is 0 Å². The van der Waals surface area contributed by atoms with E-state index in [0.717, 1.165) is 50.2 Å². The molecule has 3 nitrogen and oxygen atoms in total. The zero-order valence-corrected chi connectivity index (χ0v) is 28.2. The van der Waals surface area contributed by atoms with Crippen LogP contribution < -0.4 is 0 Å². The fourth-order valence-electron chi connectivity index (χ4n) is 7.03. The van der Waals surface area contributed by atoms with Crippen molar-refractivity contribution in [1.82, 2.24) is 9.97 Å². The molecule has 8 aromatic carbocycles. The third-order valence-electron chi connectivity index (χ3n) is 9.76. The van der Waals surface area contributed by atoms with Crippen molar-refractivity contribution < 1.29 is 0 Å². The van der Waals surface area contributed by atoms with Gasteiger partial charge in [0.15, 0.2) is 5.69 Å². The Bertz CT molecular complexity index is 2740. The Hall–Kier alpha value is -7.15. The van der Waals surface area contributed by atoms with E-state index in [9.17, 15) is 0 Å². The van der Waals surface area contributed by atoms with Crippen molar-refractivity contribution in [2.24, 2.45) is 0 Å². The average Bonchev–Trinajstić information content (AvgIpc) is 3.23. The van der Waals surface area contributed by atoms with Gasteiger partial charge in [-0.1, -0.05) is 176 Å². The first kappa shape index (κ1) is 30.9. The van der Waals surface area contributed by atoms with Crippen LogP contribution in [-0.2, 0) is 0 Å². The third-order valence-corrected chi connectivity index (χ3v) is 9.76. The first-order chi connectivity index (χ1) is 25.7. The lowest BCUT2D eigenvalue weighted by molar-refractivity contribution is 1.29. The summed E-state index contributed by atoms with van der Waals surface area (Å²) in [4.78, 5) is 13.8. The molecule has 0 aliphatic carbocycles. The first-order valence-electron chi connectivity index (χ1n) is 17.4. The highest BCUT2D eigenvalue weighted by molar-refractivity contribution is 6.05. The van der Waals surface area contributed by atoms with Crippen molar-refractivity contribution in [1.29, 1.82) is 0 Å². The Balaban J connectivity index is 1.07. The van der Waals surface area contributed by atoms with Crippen LogP contribution in [0.3, 0.4) is 0 Å². The molecule has 0 atom stereocenters. The molecule has 242 valence electrons. The molecule has 52 heavy (non-hydrogen) atoms. The Labute approximate surface area is 303 Å². The minimum absolute atomic E-state index is 0.652. The zero-order valence-electron chi connectivity index (χ0n) is 28.2. The Morgan fingerprint density at radius 1 is 0.308 bits per heavy atom. The summed E-state index contributed by atoms with van der Waals surface area (Å²) in [5.74, 6) is 0. The molecule has 1 heterocycles. The van der Waals surface area contributed by atoms with E-state index in [-0.39, 0.29) is 0 Å². The molecule has 0 fully saturated rings. The molecular weight excluding hydrogens is 631 g/mol. The number of hydrogen-bond donors (Lipinski definition) is 0. The van der Waals surface area contributed by atoms with Crippen LogP contribution in [0, 0.1) is 6.57 Å². The molecule has 9 rings (SSSR count). The molecule has 0 saturated heterocycles. The highest BCUT2D eigenvalue weighted by atomic mass is 14.8. The van der Waals surface area contributed by atoms with Crippen LogP contribution in [-0.4, -0.2) is 9.97 Å². The van der Waals surface area contributed by atoms with Crippen LogP contribution in [0.1, 0.15) is 0 Å². The van der Waals surface area contributed by atoms with Crippen molar-refractivity contribution in [3.8, 4) is 67.0 Å². The van der Waals surface area contributed by atoms with Crippen molar-refractivity contribution >= 4 is 27.5 Å². The number of nitrogens with zero attached hydrogens (tertiary/aromatic N) is 3. The van der Waals surface area contributed by atoms with E-state index in [1.165, 1.54) is 38.6 Å². The predicted octanol–water partition coefficient (Wildman–Crippen LogP) is 13.3. The zero-order chi connectivity index (χ0) is 34.9. The lowest BCUT2D eigenvalue weighted by Crippen LogP contribution is -1.95. The number of rotatable bonds is 6. The fourth-order valence-corrected chi connectivity index (χ4v) is 7.03. The lowest BCUT2D eigenvalue weighted by atomic mass is 9.91. The normalized spacial score (nSPS) is 11.1. The number of hydrogen-bond acceptors (Lipinski definition) is 2. The van der Waals surface area contributed by atoms with Crippen LogP contribution in [0.2, 0.25) is 0 Å². The summed E-state index contributed by atoms with van der Waals surface area (Å²) < 4.78 is 0. The van der Waals surface area contributed by atoms with Gasteiger partial charge in [0, 0.05) is 11.1 Å². The summed E-state index contributed by atoms with van der Waals surface area (Å²) in [7, 11) is 0. The van der Waals surface area contributed by atoms with Gasteiger partial charge in [0.05, 0.1) is 29.0 Å². The third kappa shape index (κ3) is 5.79. The molecule has 1 aromatic heterocycles. The smallest absolute Gasteiger partial charge is 0.187 e. The number of para-hydroxylation sites is 2. The van der Waals surface area contributed by atoms with Gasteiger partial charge in [-0.15, -0.1) is 0 Å². The maximum Gasteiger partial charge on any atom is 0.187 e. The van der Waals surface area contributed by atoms with E-state index in [1.54, 1.807) is 0 Å². The molecule has 0 amide bonds. The second-order valence-corrected chi connectivity index (χ2v) is 12.9. The van der Waals surface area contributed by atoms with Crippen LogP contribution in [0.5, 0.6) is 0 Å². The highest BCUT2D eigenvalue weighted by Gasteiger charge is 2.15. The van der Waals surface area contributed by atoms with E-state index < -0.39 is 0 Å². The van der Waals surface area contributed by atoms with Crippen molar-refractivity contribution in [2.75, 3.05) is 0 Å². The molecule has 0 saturated carbocycles. The van der Waals surface area contributed by atoms with Gasteiger partial charge in [0.2, 0.25) is 0 Å². The Morgan fingerprint density at radius 3 is 1.10 bits per heavy atom. The number of fused-ring (bicyclic) bond motifs is 2. The first-order valence-corrected chi connectivity index (χ1v) is 17.4. The van der Waals surface area contributed by atoms with Crippen LogP contribution >= 0.6 is 0 Å². The summed E-state index contributed by atoms with van der Waals surface area (Å²) in [6, 6.07) is 65.4. The van der Waals surface area contributed by atoms with E-state index in [4.69, 9.17) is 16.5 Å². The molecule has 0 radical (unpaired) electrons. The minimum atomic E-state index is 0.652. The van der Waals surface area contributed by atoms with E-state index in [2.05, 4.69) is 138 Å². The quantitative estimate of drug-likeness (QED) is 0.166. The molecule has 9 aromatic rings. The summed E-state index contributed by atoms with van der Waals surface area (Å²) in [5.41, 5.74) is 15.5. The van der Waals surface area contributed by atoms with Crippen molar-refractivity contribution in [3.05, 3.63) is 199 Å². The molecule has 0 spiro atoms. The molecule has 0 unspecified atom stereocenters. The van der Waals surface area contributed by atoms with Gasteiger partial charge >= 0.3 is 0 Å².